The Morgan fingerprint density at radius 3 is 3.12 bits per heavy atom. The number of hydrogen-bond donors (Lipinski definition) is 0. The highest BCUT2D eigenvalue weighted by molar-refractivity contribution is 5.68. The zero-order valence-electron chi connectivity index (χ0n) is 9.43. The number of carbonyl (C=O) groups excluding carboxylic acids is 1. The summed E-state index contributed by atoms with van der Waals surface area (Å²) in [5, 5.41) is 0. The van der Waals surface area contributed by atoms with Crippen LogP contribution in [0.4, 0.5) is 4.79 Å². The monoisotopic (exact) mass is 220 g/mol. The van der Waals surface area contributed by atoms with E-state index in [1.165, 1.54) is 7.11 Å². The lowest BCUT2D eigenvalue weighted by Gasteiger charge is -2.34. The van der Waals surface area contributed by atoms with Crippen LogP contribution in [0.3, 0.4) is 0 Å². The van der Waals surface area contributed by atoms with Crippen LogP contribution in [0.15, 0.2) is 24.5 Å². The highest BCUT2D eigenvalue weighted by atomic mass is 16.5. The molecule has 1 amide bonds. The van der Waals surface area contributed by atoms with E-state index in [1.54, 1.807) is 11.1 Å². The van der Waals surface area contributed by atoms with Gasteiger partial charge in [-0.3, -0.25) is 4.98 Å². The van der Waals surface area contributed by atoms with Gasteiger partial charge in [0, 0.05) is 18.9 Å². The Morgan fingerprint density at radius 1 is 1.56 bits per heavy atom. The van der Waals surface area contributed by atoms with Crippen LogP contribution < -0.4 is 0 Å². The van der Waals surface area contributed by atoms with Crippen molar-refractivity contribution in [1.82, 2.24) is 9.88 Å². The Labute approximate surface area is 95.2 Å². The van der Waals surface area contributed by atoms with Gasteiger partial charge >= 0.3 is 6.09 Å². The molecule has 2 heterocycles. The van der Waals surface area contributed by atoms with Crippen molar-refractivity contribution in [2.24, 2.45) is 0 Å². The maximum absolute atomic E-state index is 11.6. The fraction of sp³-hybridized carbons (Fsp3) is 0.500. The SMILES string of the molecule is COC(=O)N1CCCCC1c1cccnc1. The molecule has 0 aromatic carbocycles. The van der Waals surface area contributed by atoms with Crippen molar-refractivity contribution in [2.75, 3.05) is 13.7 Å². The minimum atomic E-state index is -0.242. The minimum Gasteiger partial charge on any atom is -0.453 e. The molecule has 0 radical (unpaired) electrons. The third-order valence-electron chi connectivity index (χ3n) is 2.98. The van der Waals surface area contributed by atoms with Crippen molar-refractivity contribution in [3.05, 3.63) is 30.1 Å². The van der Waals surface area contributed by atoms with Gasteiger partial charge in [-0.15, -0.1) is 0 Å². The van der Waals surface area contributed by atoms with Gasteiger partial charge in [0.2, 0.25) is 0 Å². The Balaban J connectivity index is 2.20. The Kier molecular flexibility index (Phi) is 3.39. The molecule has 1 atom stereocenters. The van der Waals surface area contributed by atoms with Crippen molar-refractivity contribution in [3.8, 4) is 0 Å². The van der Waals surface area contributed by atoms with Crippen LogP contribution in [0.2, 0.25) is 0 Å². The average Bonchev–Trinajstić information content (AvgIpc) is 2.39. The summed E-state index contributed by atoms with van der Waals surface area (Å²) in [5.74, 6) is 0. The summed E-state index contributed by atoms with van der Waals surface area (Å²) in [7, 11) is 1.43. The Hall–Kier alpha value is -1.58. The lowest BCUT2D eigenvalue weighted by molar-refractivity contribution is 0.0894. The summed E-state index contributed by atoms with van der Waals surface area (Å²) >= 11 is 0. The summed E-state index contributed by atoms with van der Waals surface area (Å²) in [6.07, 6.45) is 6.51. The molecule has 0 aliphatic carbocycles. The molecule has 1 unspecified atom stereocenters. The van der Waals surface area contributed by atoms with E-state index < -0.39 is 0 Å². The lowest BCUT2D eigenvalue weighted by Crippen LogP contribution is -2.38. The number of carbonyl (C=O) groups is 1. The fourth-order valence-corrected chi connectivity index (χ4v) is 2.19. The molecule has 2 rings (SSSR count). The van der Waals surface area contributed by atoms with E-state index in [4.69, 9.17) is 4.74 Å². The summed E-state index contributed by atoms with van der Waals surface area (Å²) in [6.45, 7) is 0.770. The zero-order valence-corrected chi connectivity index (χ0v) is 9.43. The predicted molar refractivity (Wildman–Crippen MR) is 59.9 cm³/mol. The molecule has 0 bridgehead atoms. The van der Waals surface area contributed by atoms with Crippen molar-refractivity contribution in [1.29, 1.82) is 0 Å². The van der Waals surface area contributed by atoms with Gasteiger partial charge in [-0.25, -0.2) is 4.79 Å². The number of pyridine rings is 1. The molecule has 0 spiro atoms. The standard InChI is InChI=1S/C12H16N2O2/c1-16-12(15)14-8-3-2-6-11(14)10-5-4-7-13-9-10/h4-5,7,9,11H,2-3,6,8H2,1H3. The molecule has 1 aliphatic rings. The van der Waals surface area contributed by atoms with E-state index >= 15 is 0 Å². The molecule has 1 saturated heterocycles. The number of aromatic nitrogens is 1. The predicted octanol–water partition coefficient (Wildman–Crippen LogP) is 2.38. The molecule has 1 aromatic heterocycles. The third-order valence-corrected chi connectivity index (χ3v) is 2.98. The summed E-state index contributed by atoms with van der Waals surface area (Å²) in [6, 6.07) is 4.04. The Bertz CT molecular complexity index is 353. The van der Waals surface area contributed by atoms with Gasteiger partial charge in [-0.1, -0.05) is 6.07 Å². The van der Waals surface area contributed by atoms with E-state index in [-0.39, 0.29) is 12.1 Å². The van der Waals surface area contributed by atoms with Crippen molar-refractivity contribution >= 4 is 6.09 Å². The van der Waals surface area contributed by atoms with Crippen LogP contribution in [0.5, 0.6) is 0 Å². The molecule has 1 aromatic rings. The van der Waals surface area contributed by atoms with Gasteiger partial charge in [0.15, 0.2) is 0 Å². The van der Waals surface area contributed by atoms with Gasteiger partial charge in [0.25, 0.3) is 0 Å². The maximum Gasteiger partial charge on any atom is 0.409 e. The number of piperidine rings is 1. The molecule has 4 nitrogen and oxygen atoms in total. The summed E-state index contributed by atoms with van der Waals surface area (Å²) < 4.78 is 4.81. The van der Waals surface area contributed by atoms with Crippen LogP contribution >= 0.6 is 0 Å². The minimum absolute atomic E-state index is 0.120. The topological polar surface area (TPSA) is 42.4 Å². The number of methoxy groups -OCH3 is 1. The van der Waals surface area contributed by atoms with E-state index in [9.17, 15) is 4.79 Å². The number of likely N-dealkylation sites (tertiary alicyclic amines) is 1. The first kappa shape index (κ1) is 10.9. The number of nitrogens with zero attached hydrogens (tertiary/aromatic N) is 2. The fourth-order valence-electron chi connectivity index (χ4n) is 2.19. The van der Waals surface area contributed by atoms with Crippen LogP contribution in [-0.2, 0) is 4.74 Å². The first-order chi connectivity index (χ1) is 7.83. The highest BCUT2D eigenvalue weighted by Gasteiger charge is 2.28. The molecule has 16 heavy (non-hydrogen) atoms. The molecule has 1 aliphatic heterocycles. The second-order valence-electron chi connectivity index (χ2n) is 3.96. The molecule has 1 fully saturated rings. The number of amides is 1. The second kappa shape index (κ2) is 4.96. The van der Waals surface area contributed by atoms with Gasteiger partial charge < -0.3 is 9.64 Å². The van der Waals surface area contributed by atoms with Crippen molar-refractivity contribution in [3.63, 3.8) is 0 Å². The van der Waals surface area contributed by atoms with Crippen LogP contribution in [0, 0.1) is 0 Å². The van der Waals surface area contributed by atoms with Gasteiger partial charge in [-0.2, -0.15) is 0 Å². The van der Waals surface area contributed by atoms with Crippen LogP contribution in [-0.4, -0.2) is 29.6 Å². The lowest BCUT2D eigenvalue weighted by atomic mass is 9.97. The van der Waals surface area contributed by atoms with E-state index in [1.807, 2.05) is 18.3 Å². The second-order valence-corrected chi connectivity index (χ2v) is 3.96. The molecular formula is C12H16N2O2. The van der Waals surface area contributed by atoms with Crippen molar-refractivity contribution < 1.29 is 9.53 Å². The van der Waals surface area contributed by atoms with Gasteiger partial charge in [0.05, 0.1) is 13.2 Å². The van der Waals surface area contributed by atoms with Crippen LogP contribution in [0.25, 0.3) is 0 Å². The molecular weight excluding hydrogens is 204 g/mol. The van der Waals surface area contributed by atoms with Crippen molar-refractivity contribution in [2.45, 2.75) is 25.3 Å². The molecule has 4 heteroatoms. The number of rotatable bonds is 1. The quantitative estimate of drug-likeness (QED) is 0.729. The highest BCUT2D eigenvalue weighted by Crippen LogP contribution is 2.30. The van der Waals surface area contributed by atoms with Gasteiger partial charge in [0.1, 0.15) is 0 Å². The smallest absolute Gasteiger partial charge is 0.409 e. The summed E-state index contributed by atoms with van der Waals surface area (Å²) in [5.41, 5.74) is 1.09. The normalized spacial score (nSPS) is 20.6. The van der Waals surface area contributed by atoms with E-state index in [0.717, 1.165) is 31.4 Å². The first-order valence-electron chi connectivity index (χ1n) is 5.57. The molecule has 0 saturated carbocycles. The number of ether oxygens (including phenoxy) is 1. The first-order valence-corrected chi connectivity index (χ1v) is 5.57. The van der Waals surface area contributed by atoms with E-state index in [0.29, 0.717) is 0 Å². The van der Waals surface area contributed by atoms with Gasteiger partial charge in [-0.05, 0) is 30.9 Å². The van der Waals surface area contributed by atoms with Crippen LogP contribution in [0.1, 0.15) is 30.9 Å². The third kappa shape index (κ3) is 2.15. The average molecular weight is 220 g/mol. The largest absolute Gasteiger partial charge is 0.453 e. The number of hydrogen-bond acceptors (Lipinski definition) is 3. The van der Waals surface area contributed by atoms with E-state index in [2.05, 4.69) is 4.98 Å². The molecule has 86 valence electrons. The maximum atomic E-state index is 11.6. The summed E-state index contributed by atoms with van der Waals surface area (Å²) in [4.78, 5) is 17.5. The molecule has 0 N–H and O–H groups in total. The zero-order chi connectivity index (χ0) is 11.4. The Morgan fingerprint density at radius 2 is 2.44 bits per heavy atom.